The van der Waals surface area contributed by atoms with Gasteiger partial charge in [0.1, 0.15) is 5.37 Å². The number of thioether (sulfide) groups is 1. The molecule has 0 radical (unpaired) electrons. The van der Waals surface area contributed by atoms with Gasteiger partial charge in [0, 0.05) is 6.54 Å². The molecule has 0 spiro atoms. The lowest BCUT2D eigenvalue weighted by molar-refractivity contribution is -0.130. The number of hydrogen-bond donors (Lipinski definition) is 0. The third-order valence-corrected chi connectivity index (χ3v) is 5.89. The van der Waals surface area contributed by atoms with Crippen LogP contribution in [-0.2, 0) is 11.3 Å². The third-order valence-electron chi connectivity index (χ3n) is 4.50. The highest BCUT2D eigenvalue weighted by molar-refractivity contribution is 8.01. The molecule has 3 heteroatoms. The summed E-state index contributed by atoms with van der Waals surface area (Å²) in [5, 5.41) is 2.56. The first-order chi connectivity index (χ1) is 11.7. The lowest BCUT2D eigenvalue weighted by atomic mass is 10.1. The maximum Gasteiger partial charge on any atom is 0.236 e. The molecule has 1 fully saturated rings. The molecule has 1 aliphatic rings. The summed E-state index contributed by atoms with van der Waals surface area (Å²) in [6.45, 7) is 2.66. The zero-order valence-electron chi connectivity index (χ0n) is 13.6. The summed E-state index contributed by atoms with van der Waals surface area (Å²) < 4.78 is 0. The van der Waals surface area contributed by atoms with Crippen LogP contribution in [0.3, 0.4) is 0 Å². The fourth-order valence-corrected chi connectivity index (χ4v) is 4.52. The van der Waals surface area contributed by atoms with Crippen LogP contribution >= 0.6 is 11.8 Å². The molecule has 0 N–H and O–H groups in total. The average Bonchev–Trinajstić information content (AvgIpc) is 2.91. The Morgan fingerprint density at radius 2 is 1.62 bits per heavy atom. The van der Waals surface area contributed by atoms with Crippen molar-refractivity contribution in [2.45, 2.75) is 24.1 Å². The largest absolute Gasteiger partial charge is 0.321 e. The van der Waals surface area contributed by atoms with Gasteiger partial charge in [0.2, 0.25) is 5.91 Å². The van der Waals surface area contributed by atoms with Crippen molar-refractivity contribution in [2.24, 2.45) is 0 Å². The Morgan fingerprint density at radius 3 is 2.42 bits per heavy atom. The van der Waals surface area contributed by atoms with Crippen LogP contribution < -0.4 is 0 Å². The average molecular weight is 333 g/mol. The molecule has 24 heavy (non-hydrogen) atoms. The number of rotatable bonds is 3. The summed E-state index contributed by atoms with van der Waals surface area (Å²) >= 11 is 1.73. The molecular formula is C21H19NOS. The summed E-state index contributed by atoms with van der Waals surface area (Å²) in [6.07, 6.45) is 0. The molecule has 0 aromatic heterocycles. The molecular weight excluding hydrogens is 314 g/mol. The van der Waals surface area contributed by atoms with Crippen LogP contribution in [0.5, 0.6) is 0 Å². The highest BCUT2D eigenvalue weighted by Gasteiger charge is 2.38. The zero-order chi connectivity index (χ0) is 16.5. The van der Waals surface area contributed by atoms with Gasteiger partial charge in [-0.15, -0.1) is 11.8 Å². The fourth-order valence-electron chi connectivity index (χ4n) is 3.24. The summed E-state index contributed by atoms with van der Waals surface area (Å²) in [5.74, 6) is 0.224. The molecule has 4 rings (SSSR count). The molecule has 3 aromatic carbocycles. The number of fused-ring (bicyclic) bond motifs is 1. The van der Waals surface area contributed by atoms with E-state index >= 15 is 0 Å². The van der Waals surface area contributed by atoms with Crippen molar-refractivity contribution in [3.63, 3.8) is 0 Å². The zero-order valence-corrected chi connectivity index (χ0v) is 14.4. The van der Waals surface area contributed by atoms with Crippen molar-refractivity contribution in [3.8, 4) is 0 Å². The maximum absolute atomic E-state index is 12.7. The van der Waals surface area contributed by atoms with E-state index in [0.29, 0.717) is 6.54 Å². The summed E-state index contributed by atoms with van der Waals surface area (Å²) in [5.41, 5.74) is 2.37. The van der Waals surface area contributed by atoms with Crippen molar-refractivity contribution in [2.75, 3.05) is 0 Å². The summed E-state index contributed by atoms with van der Waals surface area (Å²) in [7, 11) is 0. The van der Waals surface area contributed by atoms with Crippen LogP contribution in [0.15, 0.2) is 72.8 Å². The standard InChI is InChI=1S/C21H19NOS/c1-15-20(23)22(21(24-15)18-8-3-2-4-9-18)14-16-11-12-17-7-5-6-10-19(17)13-16/h2-13,15,21H,14H2,1H3/t15-,21-/m0/s1. The highest BCUT2D eigenvalue weighted by atomic mass is 32.2. The second kappa shape index (κ2) is 6.33. The van der Waals surface area contributed by atoms with Crippen LogP contribution in [0.4, 0.5) is 0 Å². The van der Waals surface area contributed by atoms with Crippen LogP contribution in [-0.4, -0.2) is 16.1 Å². The molecule has 3 aromatic rings. The molecule has 1 saturated heterocycles. The number of hydrogen-bond acceptors (Lipinski definition) is 2. The van der Waals surface area contributed by atoms with E-state index in [-0.39, 0.29) is 16.5 Å². The predicted octanol–water partition coefficient (Wildman–Crippen LogP) is 5.00. The Morgan fingerprint density at radius 1 is 0.917 bits per heavy atom. The van der Waals surface area contributed by atoms with Crippen molar-refractivity contribution < 1.29 is 4.79 Å². The number of benzene rings is 3. The molecule has 0 unspecified atom stereocenters. The van der Waals surface area contributed by atoms with E-state index in [9.17, 15) is 4.79 Å². The first-order valence-electron chi connectivity index (χ1n) is 8.21. The quantitative estimate of drug-likeness (QED) is 0.672. The second-order valence-corrected chi connectivity index (χ2v) is 7.61. The summed E-state index contributed by atoms with van der Waals surface area (Å²) in [4.78, 5) is 14.7. The minimum Gasteiger partial charge on any atom is -0.321 e. The predicted molar refractivity (Wildman–Crippen MR) is 101 cm³/mol. The SMILES string of the molecule is C[C@@H]1S[C@@H](c2ccccc2)N(Cc2ccc3ccccc3c2)C1=O. The van der Waals surface area contributed by atoms with Crippen molar-refractivity contribution >= 4 is 28.4 Å². The van der Waals surface area contributed by atoms with E-state index in [1.54, 1.807) is 11.8 Å². The van der Waals surface area contributed by atoms with E-state index in [1.165, 1.54) is 21.9 Å². The Kier molecular flexibility index (Phi) is 4.03. The molecule has 1 amide bonds. The minimum absolute atomic E-state index is 0.00987. The summed E-state index contributed by atoms with van der Waals surface area (Å²) in [6, 6.07) is 25.1. The van der Waals surface area contributed by atoms with Gasteiger partial charge in [0.15, 0.2) is 0 Å². The van der Waals surface area contributed by atoms with E-state index in [4.69, 9.17) is 0 Å². The monoisotopic (exact) mass is 333 g/mol. The third kappa shape index (κ3) is 2.80. The topological polar surface area (TPSA) is 20.3 Å². The number of nitrogens with zero attached hydrogens (tertiary/aromatic N) is 1. The minimum atomic E-state index is 0.00987. The Labute approximate surface area is 146 Å². The normalized spacial score (nSPS) is 20.7. The first-order valence-corrected chi connectivity index (χ1v) is 9.15. The van der Waals surface area contributed by atoms with Gasteiger partial charge in [0.25, 0.3) is 0 Å². The maximum atomic E-state index is 12.7. The fraction of sp³-hybridized carbons (Fsp3) is 0.190. The van der Waals surface area contributed by atoms with Gasteiger partial charge in [-0.1, -0.05) is 66.7 Å². The van der Waals surface area contributed by atoms with Crippen molar-refractivity contribution in [3.05, 3.63) is 83.9 Å². The van der Waals surface area contributed by atoms with Crippen molar-refractivity contribution in [1.82, 2.24) is 4.90 Å². The lowest BCUT2D eigenvalue weighted by Crippen LogP contribution is -2.29. The van der Waals surface area contributed by atoms with Gasteiger partial charge in [-0.25, -0.2) is 0 Å². The number of amides is 1. The van der Waals surface area contributed by atoms with Gasteiger partial charge < -0.3 is 4.90 Å². The first kappa shape index (κ1) is 15.3. The number of carbonyl (C=O) groups is 1. The lowest BCUT2D eigenvalue weighted by Gasteiger charge is -2.24. The van der Waals surface area contributed by atoms with Gasteiger partial charge in [-0.2, -0.15) is 0 Å². The molecule has 0 aliphatic carbocycles. The van der Waals surface area contributed by atoms with E-state index in [1.807, 2.05) is 30.0 Å². The smallest absolute Gasteiger partial charge is 0.236 e. The Bertz CT molecular complexity index is 877. The molecule has 2 atom stereocenters. The molecule has 0 saturated carbocycles. The molecule has 120 valence electrons. The van der Waals surface area contributed by atoms with Gasteiger partial charge in [-0.05, 0) is 34.9 Å². The Balaban J connectivity index is 1.66. The van der Waals surface area contributed by atoms with Gasteiger partial charge in [0.05, 0.1) is 5.25 Å². The van der Waals surface area contributed by atoms with E-state index < -0.39 is 0 Å². The van der Waals surface area contributed by atoms with Crippen LogP contribution in [0.2, 0.25) is 0 Å². The second-order valence-electron chi connectivity index (χ2n) is 6.19. The number of carbonyl (C=O) groups excluding carboxylic acids is 1. The molecule has 1 aliphatic heterocycles. The molecule has 0 bridgehead atoms. The Hall–Kier alpha value is -2.26. The molecule has 1 heterocycles. The van der Waals surface area contributed by atoms with E-state index in [0.717, 1.165) is 0 Å². The van der Waals surface area contributed by atoms with Gasteiger partial charge >= 0.3 is 0 Å². The van der Waals surface area contributed by atoms with Crippen molar-refractivity contribution in [1.29, 1.82) is 0 Å². The van der Waals surface area contributed by atoms with E-state index in [2.05, 4.69) is 54.6 Å². The molecule has 2 nitrogen and oxygen atoms in total. The highest BCUT2D eigenvalue weighted by Crippen LogP contribution is 2.43. The van der Waals surface area contributed by atoms with Gasteiger partial charge in [-0.3, -0.25) is 4.79 Å². The van der Waals surface area contributed by atoms with Crippen LogP contribution in [0.25, 0.3) is 10.8 Å². The van der Waals surface area contributed by atoms with Crippen LogP contribution in [0, 0.1) is 0 Å². The van der Waals surface area contributed by atoms with Crippen LogP contribution in [0.1, 0.15) is 23.4 Å².